The van der Waals surface area contributed by atoms with Gasteiger partial charge in [-0.05, 0) is 42.5 Å². The van der Waals surface area contributed by atoms with Gasteiger partial charge in [-0.1, -0.05) is 18.2 Å². The highest BCUT2D eigenvalue weighted by Gasteiger charge is 2.20. The Morgan fingerprint density at radius 2 is 1.49 bits per heavy atom. The molecule has 0 fully saturated rings. The van der Waals surface area contributed by atoms with Gasteiger partial charge in [0.05, 0.1) is 30.1 Å². The summed E-state index contributed by atoms with van der Waals surface area (Å²) in [4.78, 5) is 24.3. The van der Waals surface area contributed by atoms with Crippen molar-refractivity contribution in [2.24, 2.45) is 0 Å². The van der Waals surface area contributed by atoms with Crippen LogP contribution in [0.3, 0.4) is 0 Å². The van der Waals surface area contributed by atoms with Crippen LogP contribution in [0.5, 0.6) is 11.5 Å². The van der Waals surface area contributed by atoms with Gasteiger partial charge in [0, 0.05) is 35.8 Å². The van der Waals surface area contributed by atoms with Crippen LogP contribution in [-0.4, -0.2) is 43.5 Å². The summed E-state index contributed by atoms with van der Waals surface area (Å²) in [7, 11) is -1.07. The molecule has 39 heavy (non-hydrogen) atoms. The molecule has 5 aromatic rings. The molecule has 0 aliphatic heterocycles. The molecule has 0 atom stereocenters. The number of benzene rings is 3. The van der Waals surface area contributed by atoms with Gasteiger partial charge in [0.1, 0.15) is 17.2 Å². The summed E-state index contributed by atoms with van der Waals surface area (Å²) < 4.78 is 40.1. The predicted octanol–water partition coefficient (Wildman–Crippen LogP) is 4.77. The molecule has 198 valence electrons. The lowest BCUT2D eigenvalue weighted by molar-refractivity contribution is 0.102. The van der Waals surface area contributed by atoms with E-state index in [2.05, 4.69) is 30.3 Å². The third-order valence-corrected chi connectivity index (χ3v) is 7.00. The number of rotatable bonds is 9. The fraction of sp³-hybridized carbons (Fsp3) is 0.0741. The zero-order valence-corrected chi connectivity index (χ0v) is 21.7. The second kappa shape index (κ2) is 10.7. The lowest BCUT2D eigenvalue weighted by Gasteiger charge is -2.15. The third kappa shape index (κ3) is 5.75. The molecule has 5 rings (SSSR count). The van der Waals surface area contributed by atoms with E-state index in [0.29, 0.717) is 39.6 Å². The van der Waals surface area contributed by atoms with Crippen molar-refractivity contribution in [1.29, 1.82) is 0 Å². The molecule has 0 unspecified atom stereocenters. The number of fused-ring (bicyclic) bond motifs is 1. The Morgan fingerprint density at radius 1 is 0.795 bits per heavy atom. The van der Waals surface area contributed by atoms with Crippen LogP contribution in [0, 0.1) is 0 Å². The average Bonchev–Trinajstić information content (AvgIpc) is 3.48. The minimum atomic E-state index is -4.14. The van der Waals surface area contributed by atoms with E-state index in [9.17, 15) is 13.2 Å². The van der Waals surface area contributed by atoms with Crippen LogP contribution in [-0.2, 0) is 10.0 Å². The van der Waals surface area contributed by atoms with Crippen molar-refractivity contribution in [1.82, 2.24) is 15.0 Å². The minimum Gasteiger partial charge on any atom is -0.497 e. The number of aromatic nitrogens is 3. The summed E-state index contributed by atoms with van der Waals surface area (Å²) in [5.41, 5.74) is 2.26. The normalized spacial score (nSPS) is 11.1. The van der Waals surface area contributed by atoms with E-state index in [0.717, 1.165) is 0 Å². The maximum atomic E-state index is 13.4. The molecule has 3 aromatic carbocycles. The quantitative estimate of drug-likeness (QED) is 0.207. The van der Waals surface area contributed by atoms with Gasteiger partial charge in [0.15, 0.2) is 11.6 Å². The zero-order chi connectivity index (χ0) is 27.4. The van der Waals surface area contributed by atoms with Crippen molar-refractivity contribution in [3.8, 4) is 11.5 Å². The van der Waals surface area contributed by atoms with Crippen molar-refractivity contribution in [2.45, 2.75) is 4.90 Å². The monoisotopic (exact) mass is 544 g/mol. The second-order valence-electron chi connectivity index (χ2n) is 8.31. The highest BCUT2D eigenvalue weighted by molar-refractivity contribution is 7.92. The molecule has 1 amide bonds. The molecular formula is C27H24N6O5S. The molecule has 0 aliphatic carbocycles. The number of para-hydroxylation sites is 2. The van der Waals surface area contributed by atoms with Crippen LogP contribution in [0.4, 0.5) is 23.0 Å². The van der Waals surface area contributed by atoms with Crippen LogP contribution in [0.2, 0.25) is 0 Å². The van der Waals surface area contributed by atoms with Crippen LogP contribution < -0.4 is 24.8 Å². The Hall–Kier alpha value is -5.10. The number of carbonyl (C=O) groups is 1. The highest BCUT2D eigenvalue weighted by Crippen LogP contribution is 2.31. The number of ether oxygens (including phenoxy) is 2. The first kappa shape index (κ1) is 25.5. The van der Waals surface area contributed by atoms with Crippen molar-refractivity contribution >= 4 is 50.0 Å². The van der Waals surface area contributed by atoms with Gasteiger partial charge in [-0.2, -0.15) is 0 Å². The fourth-order valence-corrected chi connectivity index (χ4v) is 4.83. The minimum absolute atomic E-state index is 0.0173. The Balaban J connectivity index is 1.49. The highest BCUT2D eigenvalue weighted by atomic mass is 32.2. The maximum Gasteiger partial charge on any atom is 0.272 e. The summed E-state index contributed by atoms with van der Waals surface area (Å²) in [6, 6.07) is 21.5. The van der Waals surface area contributed by atoms with Gasteiger partial charge in [0.2, 0.25) is 0 Å². The molecule has 4 N–H and O–H groups in total. The number of amides is 1. The molecule has 12 heteroatoms. The lowest BCUT2D eigenvalue weighted by atomic mass is 10.2. The van der Waals surface area contributed by atoms with Crippen molar-refractivity contribution in [2.75, 3.05) is 29.6 Å². The number of hydrogen-bond acceptors (Lipinski definition) is 8. The van der Waals surface area contributed by atoms with Crippen molar-refractivity contribution in [3.05, 3.63) is 90.8 Å². The Kier molecular flexibility index (Phi) is 7.02. The number of carbonyl (C=O) groups excluding carboxylic acids is 1. The predicted molar refractivity (Wildman–Crippen MR) is 148 cm³/mol. The Labute approximate surface area is 224 Å². The van der Waals surface area contributed by atoms with E-state index in [1.54, 1.807) is 60.8 Å². The van der Waals surface area contributed by atoms with E-state index >= 15 is 0 Å². The first-order valence-electron chi connectivity index (χ1n) is 11.7. The molecule has 0 aliphatic rings. The number of sulfonamides is 1. The lowest BCUT2D eigenvalue weighted by Crippen LogP contribution is -2.17. The number of anilines is 4. The third-order valence-electron chi connectivity index (χ3n) is 5.66. The number of methoxy groups -OCH3 is 2. The van der Waals surface area contributed by atoms with E-state index in [1.165, 1.54) is 32.4 Å². The largest absolute Gasteiger partial charge is 0.497 e. The smallest absolute Gasteiger partial charge is 0.272 e. The SMILES string of the molecule is COc1cc(Nc2nc3ccccc3nc2NS(=O)(=O)c2cccc(NC(=O)c3ccc[nH]3)c2)cc(OC)c1. The maximum absolute atomic E-state index is 13.4. The number of H-pyrrole nitrogens is 1. The molecule has 0 bridgehead atoms. The van der Waals surface area contributed by atoms with Crippen LogP contribution in [0.1, 0.15) is 10.5 Å². The van der Waals surface area contributed by atoms with E-state index < -0.39 is 15.9 Å². The number of nitrogens with one attached hydrogen (secondary N) is 4. The molecule has 2 aromatic heterocycles. The first-order chi connectivity index (χ1) is 18.8. The zero-order valence-electron chi connectivity index (χ0n) is 20.9. The number of nitrogens with zero attached hydrogens (tertiary/aromatic N) is 2. The van der Waals surface area contributed by atoms with Gasteiger partial charge in [-0.15, -0.1) is 0 Å². The van der Waals surface area contributed by atoms with Crippen LogP contribution in [0.25, 0.3) is 11.0 Å². The summed E-state index contributed by atoms with van der Waals surface area (Å²) in [5.74, 6) is 0.820. The van der Waals surface area contributed by atoms with Crippen LogP contribution in [0.15, 0.2) is 90.0 Å². The molecule has 0 spiro atoms. The molecule has 11 nitrogen and oxygen atoms in total. The number of hydrogen-bond donors (Lipinski definition) is 4. The summed E-state index contributed by atoms with van der Waals surface area (Å²) in [5, 5.41) is 5.80. The van der Waals surface area contributed by atoms with E-state index in [-0.39, 0.29) is 16.5 Å². The molecule has 0 saturated carbocycles. The number of aromatic amines is 1. The molecule has 2 heterocycles. The Bertz CT molecular complexity index is 1730. The van der Waals surface area contributed by atoms with Gasteiger partial charge in [0.25, 0.3) is 15.9 Å². The van der Waals surface area contributed by atoms with Gasteiger partial charge in [-0.3, -0.25) is 9.52 Å². The van der Waals surface area contributed by atoms with Gasteiger partial charge in [-0.25, -0.2) is 18.4 Å². The van der Waals surface area contributed by atoms with Gasteiger partial charge < -0.3 is 25.1 Å². The molecule has 0 saturated heterocycles. The molecular weight excluding hydrogens is 520 g/mol. The first-order valence-corrected chi connectivity index (χ1v) is 13.2. The second-order valence-corrected chi connectivity index (χ2v) is 9.99. The van der Waals surface area contributed by atoms with E-state index in [1.807, 2.05) is 6.07 Å². The van der Waals surface area contributed by atoms with E-state index in [4.69, 9.17) is 9.47 Å². The van der Waals surface area contributed by atoms with Gasteiger partial charge >= 0.3 is 0 Å². The van der Waals surface area contributed by atoms with Crippen LogP contribution >= 0.6 is 0 Å². The standard InChI is InChI=1S/C27H24N6O5S/c1-37-19-13-18(14-20(16-19)38-2)29-25-26(32-23-10-4-3-9-22(23)31-25)33-39(35,36)21-8-5-7-17(15-21)30-27(34)24-11-6-12-28-24/h3-16,28H,1-2H3,(H,29,31)(H,30,34)(H,32,33). The van der Waals surface area contributed by atoms with Crippen molar-refractivity contribution < 1.29 is 22.7 Å². The van der Waals surface area contributed by atoms with Crippen molar-refractivity contribution in [3.63, 3.8) is 0 Å². The average molecular weight is 545 g/mol. The topological polar surface area (TPSA) is 147 Å². The fourth-order valence-electron chi connectivity index (χ4n) is 3.77. The Morgan fingerprint density at radius 3 is 2.13 bits per heavy atom. The summed E-state index contributed by atoms with van der Waals surface area (Å²) in [6.45, 7) is 0. The summed E-state index contributed by atoms with van der Waals surface area (Å²) >= 11 is 0. The summed E-state index contributed by atoms with van der Waals surface area (Å²) in [6.07, 6.45) is 1.62. The molecule has 0 radical (unpaired) electrons.